The van der Waals surface area contributed by atoms with E-state index < -0.39 is 10.0 Å². The van der Waals surface area contributed by atoms with Gasteiger partial charge in [-0.05, 0) is 19.1 Å². The zero-order valence-corrected chi connectivity index (χ0v) is 11.3. The zero-order valence-electron chi connectivity index (χ0n) is 9.71. The van der Waals surface area contributed by atoms with Crippen molar-refractivity contribution in [3.8, 4) is 6.07 Å². The number of anilines is 1. The molecule has 0 aliphatic rings. The van der Waals surface area contributed by atoms with Crippen LogP contribution in [0.1, 0.15) is 10.6 Å². The largest absolute Gasteiger partial charge is 0.272 e. The highest BCUT2D eigenvalue weighted by Gasteiger charge is 2.18. The van der Waals surface area contributed by atoms with Gasteiger partial charge in [-0.3, -0.25) is 9.40 Å². The Bertz CT molecular complexity index is 721. The molecule has 1 N–H and O–H groups in total. The minimum atomic E-state index is -3.66. The van der Waals surface area contributed by atoms with Gasteiger partial charge < -0.3 is 0 Å². The number of nitrogens with zero attached hydrogens (tertiary/aromatic N) is 3. The summed E-state index contributed by atoms with van der Waals surface area (Å²) in [6.07, 6.45) is 0. The van der Waals surface area contributed by atoms with Crippen LogP contribution >= 0.6 is 11.3 Å². The Labute approximate surface area is 109 Å². The van der Waals surface area contributed by atoms with Crippen molar-refractivity contribution in [1.29, 1.82) is 5.26 Å². The Morgan fingerprint density at radius 3 is 2.72 bits per heavy atom. The van der Waals surface area contributed by atoms with Crippen molar-refractivity contribution in [2.45, 2.75) is 11.1 Å². The lowest BCUT2D eigenvalue weighted by atomic mass is 10.5. The Balaban J connectivity index is 2.33. The van der Waals surface area contributed by atoms with Crippen molar-refractivity contribution in [2.24, 2.45) is 7.05 Å². The van der Waals surface area contributed by atoms with Crippen LogP contribution in [0, 0.1) is 18.3 Å². The van der Waals surface area contributed by atoms with E-state index >= 15 is 0 Å². The molecular weight excluding hydrogens is 272 g/mol. The molecule has 2 aromatic heterocycles. The van der Waals surface area contributed by atoms with E-state index in [1.165, 1.54) is 16.8 Å². The fraction of sp³-hybridized carbons (Fsp3) is 0.200. The van der Waals surface area contributed by atoms with Crippen LogP contribution in [-0.2, 0) is 17.1 Å². The van der Waals surface area contributed by atoms with Gasteiger partial charge >= 0.3 is 0 Å². The SMILES string of the molecule is Cc1cc(NS(=O)(=O)c2ccc(C#N)s2)n(C)n1. The van der Waals surface area contributed by atoms with Crippen LogP contribution < -0.4 is 4.72 Å². The van der Waals surface area contributed by atoms with E-state index in [1.807, 2.05) is 6.07 Å². The second-order valence-electron chi connectivity index (χ2n) is 3.63. The van der Waals surface area contributed by atoms with Gasteiger partial charge in [0.15, 0.2) is 0 Å². The highest BCUT2D eigenvalue weighted by atomic mass is 32.2. The van der Waals surface area contributed by atoms with Gasteiger partial charge in [0, 0.05) is 13.1 Å². The molecule has 6 nitrogen and oxygen atoms in total. The molecule has 0 aromatic carbocycles. The van der Waals surface area contributed by atoms with Crippen molar-refractivity contribution in [3.63, 3.8) is 0 Å². The number of hydrogen-bond acceptors (Lipinski definition) is 5. The lowest BCUT2D eigenvalue weighted by Gasteiger charge is -2.05. The van der Waals surface area contributed by atoms with Gasteiger partial charge in [0.2, 0.25) is 0 Å². The lowest BCUT2D eigenvalue weighted by molar-refractivity contribution is 0.602. The molecule has 0 atom stereocenters. The first-order valence-corrected chi connectivity index (χ1v) is 7.26. The third-order valence-electron chi connectivity index (χ3n) is 2.20. The highest BCUT2D eigenvalue weighted by molar-refractivity contribution is 7.94. The summed E-state index contributed by atoms with van der Waals surface area (Å²) in [7, 11) is -2.00. The summed E-state index contributed by atoms with van der Waals surface area (Å²) >= 11 is 0.930. The van der Waals surface area contributed by atoms with E-state index in [4.69, 9.17) is 5.26 Å². The number of aromatic nitrogens is 2. The minimum Gasteiger partial charge on any atom is -0.263 e. The molecule has 0 aliphatic carbocycles. The first-order valence-electron chi connectivity index (χ1n) is 4.96. The zero-order chi connectivity index (χ0) is 13.3. The number of rotatable bonds is 3. The van der Waals surface area contributed by atoms with E-state index in [1.54, 1.807) is 20.0 Å². The Morgan fingerprint density at radius 1 is 1.50 bits per heavy atom. The molecule has 0 saturated heterocycles. The first kappa shape index (κ1) is 12.6. The molecule has 94 valence electrons. The molecule has 2 heterocycles. The molecule has 0 spiro atoms. The number of nitrogens with one attached hydrogen (secondary N) is 1. The van der Waals surface area contributed by atoms with Gasteiger partial charge in [-0.1, -0.05) is 0 Å². The molecule has 0 amide bonds. The summed E-state index contributed by atoms with van der Waals surface area (Å²) in [4.78, 5) is 0.358. The Kier molecular flexibility index (Phi) is 3.11. The van der Waals surface area contributed by atoms with E-state index in [0.717, 1.165) is 17.0 Å². The van der Waals surface area contributed by atoms with Crippen molar-refractivity contribution >= 4 is 27.2 Å². The number of thiophene rings is 1. The normalized spacial score (nSPS) is 11.2. The number of aryl methyl sites for hydroxylation is 2. The molecule has 0 aliphatic heterocycles. The average Bonchev–Trinajstić information content (AvgIpc) is 2.86. The quantitative estimate of drug-likeness (QED) is 0.923. The summed E-state index contributed by atoms with van der Waals surface area (Å²) in [6.45, 7) is 1.77. The van der Waals surface area contributed by atoms with Crippen LogP contribution in [0.2, 0.25) is 0 Å². The molecule has 8 heteroatoms. The first-order chi connectivity index (χ1) is 8.42. The maximum atomic E-state index is 12.0. The average molecular weight is 282 g/mol. The summed E-state index contributed by atoms with van der Waals surface area (Å²) in [6, 6.07) is 6.43. The summed E-state index contributed by atoms with van der Waals surface area (Å²) in [5.74, 6) is 0.388. The number of hydrogen-bond donors (Lipinski definition) is 1. The molecule has 0 unspecified atom stereocenters. The van der Waals surface area contributed by atoms with Crippen LogP contribution in [0.3, 0.4) is 0 Å². The molecule has 0 saturated carbocycles. The molecule has 2 aromatic rings. The lowest BCUT2D eigenvalue weighted by Crippen LogP contribution is -2.14. The van der Waals surface area contributed by atoms with Crippen LogP contribution in [0.15, 0.2) is 22.4 Å². The molecular formula is C10H10N4O2S2. The van der Waals surface area contributed by atoms with Gasteiger partial charge in [-0.2, -0.15) is 10.4 Å². The number of nitriles is 1. The highest BCUT2D eigenvalue weighted by Crippen LogP contribution is 2.23. The van der Waals surface area contributed by atoms with Crippen LogP contribution in [-0.4, -0.2) is 18.2 Å². The third kappa shape index (κ3) is 2.37. The minimum absolute atomic E-state index is 0.109. The van der Waals surface area contributed by atoms with E-state index in [0.29, 0.717) is 10.7 Å². The van der Waals surface area contributed by atoms with Gasteiger partial charge in [-0.15, -0.1) is 11.3 Å². The fourth-order valence-electron chi connectivity index (χ4n) is 1.42. The topological polar surface area (TPSA) is 87.8 Å². The van der Waals surface area contributed by atoms with E-state index in [-0.39, 0.29) is 4.21 Å². The van der Waals surface area contributed by atoms with Crippen LogP contribution in [0.5, 0.6) is 0 Å². The summed E-state index contributed by atoms with van der Waals surface area (Å²) in [5.41, 5.74) is 0.721. The van der Waals surface area contributed by atoms with Gasteiger partial charge in [0.05, 0.1) is 5.69 Å². The van der Waals surface area contributed by atoms with Crippen molar-refractivity contribution in [2.75, 3.05) is 4.72 Å². The number of sulfonamides is 1. The molecule has 0 fully saturated rings. The Hall–Kier alpha value is -1.85. The summed E-state index contributed by atoms with van der Waals surface area (Å²) in [5, 5.41) is 12.7. The summed E-state index contributed by atoms with van der Waals surface area (Å²) < 4.78 is 28.1. The van der Waals surface area contributed by atoms with Crippen LogP contribution in [0.4, 0.5) is 5.82 Å². The maximum absolute atomic E-state index is 12.0. The molecule has 2 rings (SSSR count). The van der Waals surface area contributed by atoms with Gasteiger partial charge in [-0.25, -0.2) is 8.42 Å². The fourth-order valence-corrected chi connectivity index (χ4v) is 3.60. The van der Waals surface area contributed by atoms with Crippen LogP contribution in [0.25, 0.3) is 0 Å². The second kappa shape index (κ2) is 4.44. The maximum Gasteiger partial charge on any atom is 0.272 e. The second-order valence-corrected chi connectivity index (χ2v) is 6.62. The Morgan fingerprint density at radius 2 is 2.22 bits per heavy atom. The third-order valence-corrected chi connectivity index (χ3v) is 5.03. The van der Waals surface area contributed by atoms with Crippen molar-refractivity contribution in [3.05, 3.63) is 28.8 Å². The van der Waals surface area contributed by atoms with E-state index in [2.05, 4.69) is 9.82 Å². The molecule has 0 radical (unpaired) electrons. The standard InChI is InChI=1S/C10H10N4O2S2/c1-7-5-9(14(2)12-7)13-18(15,16)10-4-3-8(6-11)17-10/h3-5,13H,1-2H3. The predicted molar refractivity (Wildman–Crippen MR) is 67.8 cm³/mol. The smallest absolute Gasteiger partial charge is 0.263 e. The van der Waals surface area contributed by atoms with E-state index in [9.17, 15) is 8.42 Å². The molecule has 0 bridgehead atoms. The van der Waals surface area contributed by atoms with Gasteiger partial charge in [0.1, 0.15) is 21.0 Å². The monoisotopic (exact) mass is 282 g/mol. The molecule has 18 heavy (non-hydrogen) atoms. The van der Waals surface area contributed by atoms with Crippen molar-refractivity contribution < 1.29 is 8.42 Å². The predicted octanol–water partition coefficient (Wildman–Crippen LogP) is 1.46. The van der Waals surface area contributed by atoms with Gasteiger partial charge in [0.25, 0.3) is 10.0 Å². The van der Waals surface area contributed by atoms with Crippen molar-refractivity contribution in [1.82, 2.24) is 9.78 Å².